The van der Waals surface area contributed by atoms with Crippen LogP contribution in [-0.4, -0.2) is 31.4 Å². The molecule has 4 N–H and O–H groups in total. The molecule has 0 saturated heterocycles. The number of pyridine rings is 1. The Morgan fingerprint density at radius 2 is 1.73 bits per heavy atom. The van der Waals surface area contributed by atoms with Crippen LogP contribution in [0.5, 0.6) is 0 Å². The molecule has 154 valence electrons. The molecular formula is C21H20N4O4S. The Morgan fingerprint density at radius 1 is 0.967 bits per heavy atom. The molecule has 0 saturated carbocycles. The van der Waals surface area contributed by atoms with Gasteiger partial charge in [-0.25, -0.2) is 4.21 Å². The smallest absolute Gasteiger partial charge is 0.256 e. The lowest BCUT2D eigenvalue weighted by atomic mass is 10.1. The first-order valence-corrected chi connectivity index (χ1v) is 10.2. The molecule has 1 unspecified atom stereocenters. The average molecular weight is 424 g/mol. The third kappa shape index (κ3) is 5.72. The molecule has 1 aromatic heterocycles. The van der Waals surface area contributed by atoms with Gasteiger partial charge >= 0.3 is 0 Å². The summed E-state index contributed by atoms with van der Waals surface area (Å²) in [5.41, 5.74) is 3.15. The molecule has 2 aromatic carbocycles. The molecule has 0 aliphatic rings. The van der Waals surface area contributed by atoms with Gasteiger partial charge in [-0.3, -0.25) is 14.6 Å². The third-order valence-corrected chi connectivity index (χ3v) is 4.58. The van der Waals surface area contributed by atoms with Crippen molar-refractivity contribution in [3.05, 3.63) is 83.7 Å². The van der Waals surface area contributed by atoms with Crippen LogP contribution < -0.4 is 16.0 Å². The fourth-order valence-electron chi connectivity index (χ4n) is 2.70. The minimum absolute atomic E-state index is 0.140. The van der Waals surface area contributed by atoms with Crippen molar-refractivity contribution in [2.24, 2.45) is 0 Å². The van der Waals surface area contributed by atoms with Crippen LogP contribution in [0.25, 0.3) is 0 Å². The van der Waals surface area contributed by atoms with Crippen LogP contribution in [0.3, 0.4) is 0 Å². The lowest BCUT2D eigenvalue weighted by molar-refractivity contribution is 0.101. The second kappa shape index (κ2) is 9.77. The first-order valence-electron chi connectivity index (χ1n) is 8.97. The highest BCUT2D eigenvalue weighted by Gasteiger charge is 2.13. The minimum Gasteiger partial charge on any atom is -0.372 e. The second-order valence-electron chi connectivity index (χ2n) is 6.40. The Morgan fingerprint density at radius 3 is 2.47 bits per heavy atom. The van der Waals surface area contributed by atoms with E-state index in [2.05, 4.69) is 20.9 Å². The molecule has 9 heteroatoms. The first kappa shape index (κ1) is 21.2. The van der Waals surface area contributed by atoms with Gasteiger partial charge in [0.1, 0.15) is 5.88 Å². The summed E-state index contributed by atoms with van der Waals surface area (Å²) in [6, 6.07) is 15.1. The van der Waals surface area contributed by atoms with Crippen molar-refractivity contribution in [1.82, 2.24) is 4.98 Å². The van der Waals surface area contributed by atoms with Crippen LogP contribution >= 0.6 is 0 Å². The van der Waals surface area contributed by atoms with E-state index in [0.717, 1.165) is 5.56 Å². The fraction of sp³-hybridized carbons (Fsp3) is 0.0952. The Bertz CT molecular complexity index is 1090. The third-order valence-electron chi connectivity index (χ3n) is 4.18. The number of aryl methyl sites for hydroxylation is 1. The SMILES string of the molecule is Cc1ccc(NC(=O)c2cccc(NCS(=O)O)c2)cc1C(=O)Nc1cccnc1. The number of anilines is 3. The molecule has 0 fully saturated rings. The van der Waals surface area contributed by atoms with Crippen molar-refractivity contribution >= 4 is 40.0 Å². The van der Waals surface area contributed by atoms with Crippen molar-refractivity contribution < 1.29 is 18.4 Å². The number of carbonyl (C=O) groups excluding carboxylic acids is 2. The Hall–Kier alpha value is -3.56. The lowest BCUT2D eigenvalue weighted by Crippen LogP contribution is -2.16. The molecule has 30 heavy (non-hydrogen) atoms. The van der Waals surface area contributed by atoms with E-state index in [0.29, 0.717) is 28.2 Å². The number of nitrogens with zero attached hydrogens (tertiary/aromatic N) is 1. The standard InChI is InChI=1S/C21H20N4O4S/c1-14-7-8-17(11-19(14)21(27)25-18-6-3-9-22-12-18)24-20(26)15-4-2-5-16(10-15)23-13-30(28)29/h2-12,23H,13H2,1H3,(H,24,26)(H,25,27)(H,28,29). The summed E-state index contributed by atoms with van der Waals surface area (Å²) in [6.45, 7) is 1.81. The van der Waals surface area contributed by atoms with Crippen LogP contribution in [0.15, 0.2) is 67.0 Å². The maximum absolute atomic E-state index is 12.6. The number of amides is 2. The highest BCUT2D eigenvalue weighted by Crippen LogP contribution is 2.19. The molecule has 0 radical (unpaired) electrons. The largest absolute Gasteiger partial charge is 0.372 e. The van der Waals surface area contributed by atoms with Gasteiger partial charge in [0.2, 0.25) is 0 Å². The molecule has 1 heterocycles. The maximum atomic E-state index is 12.6. The summed E-state index contributed by atoms with van der Waals surface area (Å²) in [5, 5.41) is 8.31. The van der Waals surface area contributed by atoms with Crippen LogP contribution in [0.2, 0.25) is 0 Å². The number of aromatic nitrogens is 1. The van der Waals surface area contributed by atoms with E-state index in [4.69, 9.17) is 4.55 Å². The van der Waals surface area contributed by atoms with Gasteiger partial charge < -0.3 is 20.5 Å². The van der Waals surface area contributed by atoms with E-state index in [9.17, 15) is 13.8 Å². The van der Waals surface area contributed by atoms with E-state index in [-0.39, 0.29) is 17.7 Å². The summed E-state index contributed by atoms with van der Waals surface area (Å²) in [6.07, 6.45) is 3.16. The van der Waals surface area contributed by atoms with Crippen molar-refractivity contribution in [2.45, 2.75) is 6.92 Å². The molecule has 0 aliphatic heterocycles. The first-order chi connectivity index (χ1) is 14.4. The predicted molar refractivity (Wildman–Crippen MR) is 117 cm³/mol. The highest BCUT2D eigenvalue weighted by molar-refractivity contribution is 7.79. The molecule has 0 aliphatic carbocycles. The zero-order chi connectivity index (χ0) is 21.5. The lowest BCUT2D eigenvalue weighted by Gasteiger charge is -2.11. The van der Waals surface area contributed by atoms with Gasteiger partial charge in [-0.1, -0.05) is 12.1 Å². The monoisotopic (exact) mass is 424 g/mol. The maximum Gasteiger partial charge on any atom is 0.256 e. The molecule has 8 nitrogen and oxygen atoms in total. The zero-order valence-electron chi connectivity index (χ0n) is 16.1. The number of hydrogen-bond acceptors (Lipinski definition) is 5. The quantitative estimate of drug-likeness (QED) is 0.431. The van der Waals surface area contributed by atoms with Gasteiger partial charge in [-0.15, -0.1) is 0 Å². The minimum atomic E-state index is -1.99. The van der Waals surface area contributed by atoms with Crippen LogP contribution in [0.4, 0.5) is 17.1 Å². The summed E-state index contributed by atoms with van der Waals surface area (Å²) in [4.78, 5) is 29.2. The van der Waals surface area contributed by atoms with Crippen molar-refractivity contribution in [3.8, 4) is 0 Å². The van der Waals surface area contributed by atoms with Crippen molar-refractivity contribution in [2.75, 3.05) is 21.8 Å². The summed E-state index contributed by atoms with van der Waals surface area (Å²) >= 11 is -1.99. The molecular weight excluding hydrogens is 404 g/mol. The predicted octanol–water partition coefficient (Wildman–Crippen LogP) is 3.49. The van der Waals surface area contributed by atoms with Gasteiger partial charge in [-0.05, 0) is 55.0 Å². The Kier molecular flexibility index (Phi) is 6.89. The van der Waals surface area contributed by atoms with Crippen molar-refractivity contribution in [1.29, 1.82) is 0 Å². The van der Waals surface area contributed by atoms with Gasteiger partial charge in [0.25, 0.3) is 11.8 Å². The number of hydrogen-bond donors (Lipinski definition) is 4. The van der Waals surface area contributed by atoms with Gasteiger partial charge in [-0.2, -0.15) is 0 Å². The molecule has 3 aromatic rings. The normalized spacial score (nSPS) is 11.4. The summed E-state index contributed by atoms with van der Waals surface area (Å²) in [5.74, 6) is -0.815. The molecule has 0 spiro atoms. The Labute approximate surface area is 176 Å². The van der Waals surface area contributed by atoms with Gasteiger partial charge in [0.15, 0.2) is 11.1 Å². The van der Waals surface area contributed by atoms with E-state index in [1.165, 1.54) is 0 Å². The summed E-state index contributed by atoms with van der Waals surface area (Å²) < 4.78 is 19.7. The van der Waals surface area contributed by atoms with E-state index in [1.54, 1.807) is 67.0 Å². The van der Waals surface area contributed by atoms with Gasteiger partial charge in [0, 0.05) is 28.7 Å². The van der Waals surface area contributed by atoms with Crippen LogP contribution in [-0.2, 0) is 11.1 Å². The van der Waals surface area contributed by atoms with E-state index < -0.39 is 11.1 Å². The molecule has 0 bridgehead atoms. The molecule has 1 atom stereocenters. The molecule has 3 rings (SSSR count). The van der Waals surface area contributed by atoms with E-state index in [1.807, 2.05) is 6.92 Å². The van der Waals surface area contributed by atoms with Crippen LogP contribution in [0.1, 0.15) is 26.3 Å². The van der Waals surface area contributed by atoms with Crippen LogP contribution in [0, 0.1) is 6.92 Å². The number of rotatable bonds is 7. The zero-order valence-corrected chi connectivity index (χ0v) is 16.9. The second-order valence-corrected chi connectivity index (χ2v) is 7.33. The van der Waals surface area contributed by atoms with Gasteiger partial charge in [0.05, 0.1) is 11.9 Å². The highest BCUT2D eigenvalue weighted by atomic mass is 32.2. The number of carbonyl (C=O) groups is 2. The van der Waals surface area contributed by atoms with Crippen molar-refractivity contribution in [3.63, 3.8) is 0 Å². The Balaban J connectivity index is 1.73. The summed E-state index contributed by atoms with van der Waals surface area (Å²) in [7, 11) is 0. The van der Waals surface area contributed by atoms with E-state index >= 15 is 0 Å². The number of nitrogens with one attached hydrogen (secondary N) is 3. The number of benzene rings is 2. The topological polar surface area (TPSA) is 120 Å². The average Bonchev–Trinajstić information content (AvgIpc) is 2.74. The fourth-order valence-corrected chi connectivity index (χ4v) is 2.99. The molecule has 2 amide bonds.